The van der Waals surface area contributed by atoms with Crippen molar-refractivity contribution in [3.8, 4) is 0 Å². The second kappa shape index (κ2) is 7.92. The van der Waals surface area contributed by atoms with Crippen LogP contribution in [-0.4, -0.2) is 30.5 Å². The van der Waals surface area contributed by atoms with Crippen LogP contribution in [0.4, 0.5) is 19.1 Å². The number of nitrogens with zero attached hydrogens (tertiary/aromatic N) is 5. The summed E-state index contributed by atoms with van der Waals surface area (Å²) in [5.41, 5.74) is -0.00767. The molecule has 4 rings (SSSR count). The highest BCUT2D eigenvalue weighted by Gasteiger charge is 2.42. The molecular weight excluding hydrogens is 444 g/mol. The number of carbonyl (C=O) groups excluding carboxylic acids is 1. The van der Waals surface area contributed by atoms with Crippen molar-refractivity contribution >= 4 is 35.1 Å². The third kappa shape index (κ3) is 4.59. The van der Waals surface area contributed by atoms with Crippen LogP contribution < -0.4 is 5.32 Å². The van der Waals surface area contributed by atoms with Gasteiger partial charge in [-0.15, -0.1) is 5.10 Å². The summed E-state index contributed by atoms with van der Waals surface area (Å²) in [6, 6.07) is 7.17. The van der Waals surface area contributed by atoms with E-state index in [9.17, 15) is 18.0 Å². The average Bonchev–Trinajstić information content (AvgIpc) is 3.31. The van der Waals surface area contributed by atoms with Crippen LogP contribution in [0, 0.1) is 0 Å². The van der Waals surface area contributed by atoms with Crippen molar-refractivity contribution in [2.45, 2.75) is 38.0 Å². The predicted molar refractivity (Wildman–Crippen MR) is 103 cm³/mol. The van der Waals surface area contributed by atoms with Crippen LogP contribution in [0.3, 0.4) is 0 Å². The lowest BCUT2D eigenvalue weighted by Gasteiger charge is -2.06. The van der Waals surface area contributed by atoms with Crippen LogP contribution in [0.15, 0.2) is 30.6 Å². The highest BCUT2D eigenvalue weighted by Crippen LogP contribution is 2.46. The normalized spacial score (nSPS) is 14.2. The number of carbonyl (C=O) groups is 1. The Morgan fingerprint density at radius 2 is 1.87 bits per heavy atom. The van der Waals surface area contributed by atoms with Gasteiger partial charge in [-0.25, -0.2) is 9.67 Å². The van der Waals surface area contributed by atoms with E-state index in [0.29, 0.717) is 24.4 Å². The van der Waals surface area contributed by atoms with Crippen molar-refractivity contribution < 1.29 is 18.0 Å². The highest BCUT2D eigenvalue weighted by molar-refractivity contribution is 6.32. The van der Waals surface area contributed by atoms with Crippen LogP contribution in [0.5, 0.6) is 0 Å². The summed E-state index contributed by atoms with van der Waals surface area (Å²) in [7, 11) is 0. The van der Waals surface area contributed by atoms with E-state index in [-0.39, 0.29) is 17.6 Å². The number of hydrogen-bond donors (Lipinski definition) is 1. The van der Waals surface area contributed by atoms with E-state index in [2.05, 4.69) is 20.5 Å². The molecule has 0 saturated heterocycles. The first-order valence-corrected chi connectivity index (χ1v) is 9.73. The zero-order valence-electron chi connectivity index (χ0n) is 15.3. The third-order valence-electron chi connectivity index (χ3n) is 4.50. The Kier molecular flexibility index (Phi) is 5.46. The monoisotopic (exact) mass is 458 g/mol. The molecule has 1 fully saturated rings. The number of nitrogens with one attached hydrogen (secondary N) is 1. The molecule has 0 unspecified atom stereocenters. The molecule has 30 heavy (non-hydrogen) atoms. The van der Waals surface area contributed by atoms with Gasteiger partial charge in [0.2, 0.25) is 11.9 Å². The summed E-state index contributed by atoms with van der Waals surface area (Å²) in [4.78, 5) is 16.4. The van der Waals surface area contributed by atoms with Crippen molar-refractivity contribution in [1.29, 1.82) is 0 Å². The van der Waals surface area contributed by atoms with Crippen molar-refractivity contribution in [2.75, 3.05) is 5.32 Å². The van der Waals surface area contributed by atoms with Crippen LogP contribution in [0.2, 0.25) is 10.0 Å². The number of anilines is 1. The van der Waals surface area contributed by atoms with Gasteiger partial charge in [0.05, 0.1) is 17.3 Å². The SMILES string of the molecule is O=C(Cn1nc(C(F)(F)F)c(Cl)c1C1CC1)Nc1ncn(Cc2ccc(Cl)cc2)n1. The van der Waals surface area contributed by atoms with Crippen molar-refractivity contribution in [3.05, 3.63) is 57.6 Å². The zero-order valence-corrected chi connectivity index (χ0v) is 16.8. The summed E-state index contributed by atoms with van der Waals surface area (Å²) in [5.74, 6) is -0.684. The summed E-state index contributed by atoms with van der Waals surface area (Å²) in [5, 5.41) is 10.3. The van der Waals surface area contributed by atoms with Gasteiger partial charge >= 0.3 is 6.18 Å². The second-order valence-corrected chi connectivity index (χ2v) is 7.73. The summed E-state index contributed by atoms with van der Waals surface area (Å²) < 4.78 is 41.9. The molecule has 2 heterocycles. The number of benzene rings is 1. The van der Waals surface area contributed by atoms with E-state index in [4.69, 9.17) is 23.2 Å². The minimum atomic E-state index is -4.69. The molecule has 158 valence electrons. The molecule has 0 atom stereocenters. The van der Waals surface area contributed by atoms with Crippen LogP contribution in [-0.2, 0) is 24.1 Å². The number of alkyl halides is 3. The number of hydrogen-bond acceptors (Lipinski definition) is 4. The Bertz CT molecular complexity index is 1070. The van der Waals surface area contributed by atoms with E-state index in [1.807, 2.05) is 12.1 Å². The molecule has 1 aliphatic rings. The molecule has 3 aromatic rings. The molecule has 1 amide bonds. The van der Waals surface area contributed by atoms with Gasteiger partial charge in [0.15, 0.2) is 5.69 Å². The zero-order chi connectivity index (χ0) is 21.5. The first kappa shape index (κ1) is 20.7. The Labute approximate surface area is 178 Å². The molecule has 0 radical (unpaired) electrons. The number of aromatic nitrogens is 5. The molecule has 2 aromatic heterocycles. The smallest absolute Gasteiger partial charge is 0.292 e. The van der Waals surface area contributed by atoms with Crippen LogP contribution in [0.25, 0.3) is 0 Å². The maximum absolute atomic E-state index is 13.1. The lowest BCUT2D eigenvalue weighted by molar-refractivity contribution is -0.141. The predicted octanol–water partition coefficient (Wildman–Crippen LogP) is 4.36. The van der Waals surface area contributed by atoms with E-state index in [1.165, 1.54) is 11.0 Å². The number of amides is 1. The van der Waals surface area contributed by atoms with E-state index >= 15 is 0 Å². The summed E-state index contributed by atoms with van der Waals surface area (Å²) in [6.45, 7) is -0.0110. The number of halogens is 5. The lowest BCUT2D eigenvalue weighted by Crippen LogP contribution is -2.22. The molecule has 7 nitrogen and oxygen atoms in total. The maximum atomic E-state index is 13.1. The van der Waals surface area contributed by atoms with E-state index in [0.717, 1.165) is 10.2 Å². The fourth-order valence-corrected chi connectivity index (χ4v) is 3.53. The highest BCUT2D eigenvalue weighted by atomic mass is 35.5. The van der Waals surface area contributed by atoms with Gasteiger partial charge in [-0.2, -0.15) is 18.3 Å². The van der Waals surface area contributed by atoms with Gasteiger partial charge in [-0.1, -0.05) is 35.3 Å². The van der Waals surface area contributed by atoms with Crippen molar-refractivity contribution in [2.24, 2.45) is 0 Å². The van der Waals surface area contributed by atoms with Gasteiger partial charge < -0.3 is 0 Å². The van der Waals surface area contributed by atoms with Gasteiger partial charge in [0, 0.05) is 10.9 Å². The second-order valence-electron chi connectivity index (χ2n) is 6.92. The third-order valence-corrected chi connectivity index (χ3v) is 5.13. The Morgan fingerprint density at radius 1 is 1.17 bits per heavy atom. The van der Waals surface area contributed by atoms with Gasteiger partial charge in [0.1, 0.15) is 12.9 Å². The molecule has 1 saturated carbocycles. The fraction of sp³-hybridized carbons (Fsp3) is 0.333. The quantitative estimate of drug-likeness (QED) is 0.594. The largest absolute Gasteiger partial charge is 0.436 e. The first-order valence-electron chi connectivity index (χ1n) is 8.98. The first-order chi connectivity index (χ1) is 14.2. The molecule has 1 N–H and O–H groups in total. The standard InChI is InChI=1S/C18H15Cl2F3N6O/c19-12-5-1-10(2-6-12)7-28-9-24-17(27-28)25-13(30)8-29-15(11-3-4-11)14(20)16(26-29)18(21,22)23/h1-2,5-6,9,11H,3-4,7-8H2,(H,25,27,30). The number of rotatable bonds is 6. The molecule has 12 heteroatoms. The maximum Gasteiger partial charge on any atom is 0.436 e. The summed E-state index contributed by atoms with van der Waals surface area (Å²) >= 11 is 11.8. The van der Waals surface area contributed by atoms with Crippen molar-refractivity contribution in [1.82, 2.24) is 24.5 Å². The van der Waals surface area contributed by atoms with E-state index < -0.39 is 29.3 Å². The van der Waals surface area contributed by atoms with Gasteiger partial charge in [-0.05, 0) is 30.5 Å². The molecular formula is C18H15Cl2F3N6O. The van der Waals surface area contributed by atoms with Gasteiger partial charge in [0.25, 0.3) is 0 Å². The topological polar surface area (TPSA) is 77.6 Å². The Morgan fingerprint density at radius 3 is 2.50 bits per heavy atom. The fourth-order valence-electron chi connectivity index (χ4n) is 3.01. The van der Waals surface area contributed by atoms with Crippen molar-refractivity contribution in [3.63, 3.8) is 0 Å². The minimum absolute atomic E-state index is 0.0382. The Hall–Kier alpha value is -2.59. The van der Waals surface area contributed by atoms with Crippen LogP contribution >= 0.6 is 23.2 Å². The van der Waals surface area contributed by atoms with E-state index in [1.54, 1.807) is 12.1 Å². The molecule has 1 aromatic carbocycles. The lowest BCUT2D eigenvalue weighted by atomic mass is 10.2. The minimum Gasteiger partial charge on any atom is -0.292 e. The molecule has 1 aliphatic carbocycles. The Balaban J connectivity index is 1.44. The average molecular weight is 459 g/mol. The van der Waals surface area contributed by atoms with Crippen LogP contribution in [0.1, 0.15) is 35.7 Å². The molecule has 0 bridgehead atoms. The summed E-state index contributed by atoms with van der Waals surface area (Å²) in [6.07, 6.45) is -1.83. The molecule has 0 aliphatic heterocycles. The molecule has 0 spiro atoms. The van der Waals surface area contributed by atoms with Gasteiger partial charge in [-0.3, -0.25) is 14.8 Å².